The van der Waals surface area contributed by atoms with Crippen molar-refractivity contribution in [2.45, 2.75) is 38.9 Å². The number of alkyl halides is 3. The van der Waals surface area contributed by atoms with Gasteiger partial charge in [-0.2, -0.15) is 13.2 Å². The van der Waals surface area contributed by atoms with E-state index in [0.717, 1.165) is 25.9 Å². The molecule has 0 aromatic heterocycles. The number of nitrogens with zero attached hydrogens (tertiary/aromatic N) is 1. The SMILES string of the molecule is Cc1ccc(NC(C)C2CCCN(C)C2)cc1C(F)(F)F. The van der Waals surface area contributed by atoms with E-state index >= 15 is 0 Å². The lowest BCUT2D eigenvalue weighted by Gasteiger charge is -2.34. The van der Waals surface area contributed by atoms with E-state index in [1.165, 1.54) is 19.1 Å². The molecule has 0 saturated carbocycles. The molecule has 1 N–H and O–H groups in total. The molecule has 0 spiro atoms. The average Bonchev–Trinajstić information content (AvgIpc) is 2.39. The van der Waals surface area contributed by atoms with E-state index in [2.05, 4.69) is 24.2 Å². The highest BCUT2D eigenvalue weighted by atomic mass is 19.4. The standard InChI is InChI=1S/C16H23F3N2/c1-11-6-7-14(9-15(11)16(17,18)19)20-12(2)13-5-4-8-21(3)10-13/h6-7,9,12-13,20H,4-5,8,10H2,1-3H3. The fraction of sp³-hybridized carbons (Fsp3) is 0.625. The van der Waals surface area contributed by atoms with Crippen molar-refractivity contribution in [2.75, 3.05) is 25.5 Å². The van der Waals surface area contributed by atoms with Crippen LogP contribution in [0.5, 0.6) is 0 Å². The fourth-order valence-corrected chi connectivity index (χ4v) is 3.01. The Morgan fingerprint density at radius 2 is 2.05 bits per heavy atom. The van der Waals surface area contributed by atoms with Crippen LogP contribution in [0.25, 0.3) is 0 Å². The van der Waals surface area contributed by atoms with Gasteiger partial charge in [-0.15, -0.1) is 0 Å². The van der Waals surface area contributed by atoms with Crippen LogP contribution in [0.15, 0.2) is 18.2 Å². The zero-order valence-corrected chi connectivity index (χ0v) is 12.8. The van der Waals surface area contributed by atoms with Gasteiger partial charge in [0.25, 0.3) is 0 Å². The van der Waals surface area contributed by atoms with Crippen LogP contribution in [-0.2, 0) is 6.18 Å². The van der Waals surface area contributed by atoms with Crippen molar-refractivity contribution in [1.29, 1.82) is 0 Å². The van der Waals surface area contributed by atoms with Gasteiger partial charge in [-0.1, -0.05) is 6.07 Å². The van der Waals surface area contributed by atoms with Crippen LogP contribution in [0.2, 0.25) is 0 Å². The van der Waals surface area contributed by atoms with Gasteiger partial charge in [-0.25, -0.2) is 0 Å². The largest absolute Gasteiger partial charge is 0.416 e. The Morgan fingerprint density at radius 3 is 2.67 bits per heavy atom. The molecule has 21 heavy (non-hydrogen) atoms. The second kappa shape index (κ2) is 6.26. The van der Waals surface area contributed by atoms with Crippen molar-refractivity contribution in [1.82, 2.24) is 4.90 Å². The van der Waals surface area contributed by atoms with Gasteiger partial charge in [0.15, 0.2) is 0 Å². The summed E-state index contributed by atoms with van der Waals surface area (Å²) >= 11 is 0. The van der Waals surface area contributed by atoms with Crippen molar-refractivity contribution in [3.63, 3.8) is 0 Å². The third-order valence-corrected chi connectivity index (χ3v) is 4.31. The molecular formula is C16H23F3N2. The topological polar surface area (TPSA) is 15.3 Å². The van der Waals surface area contributed by atoms with Gasteiger partial charge in [-0.05, 0) is 63.9 Å². The molecule has 1 heterocycles. The van der Waals surface area contributed by atoms with Crippen LogP contribution in [0.3, 0.4) is 0 Å². The van der Waals surface area contributed by atoms with Gasteiger partial charge >= 0.3 is 6.18 Å². The molecule has 0 bridgehead atoms. The number of piperidine rings is 1. The number of hydrogen-bond acceptors (Lipinski definition) is 2. The normalized spacial score (nSPS) is 22.1. The molecule has 2 atom stereocenters. The summed E-state index contributed by atoms with van der Waals surface area (Å²) in [6.45, 7) is 5.64. The summed E-state index contributed by atoms with van der Waals surface area (Å²) in [7, 11) is 2.09. The molecule has 2 rings (SSSR count). The lowest BCUT2D eigenvalue weighted by atomic mass is 9.91. The third kappa shape index (κ3) is 4.13. The van der Waals surface area contributed by atoms with Gasteiger partial charge in [-0.3, -0.25) is 0 Å². The van der Waals surface area contributed by atoms with Crippen LogP contribution in [-0.4, -0.2) is 31.1 Å². The first-order valence-corrected chi connectivity index (χ1v) is 7.40. The molecule has 0 aliphatic carbocycles. The number of rotatable bonds is 3. The van der Waals surface area contributed by atoms with Crippen LogP contribution in [0, 0.1) is 12.8 Å². The fourth-order valence-electron chi connectivity index (χ4n) is 3.01. The highest BCUT2D eigenvalue weighted by Crippen LogP contribution is 2.34. The predicted molar refractivity (Wildman–Crippen MR) is 79.5 cm³/mol. The minimum absolute atomic E-state index is 0.163. The number of aryl methyl sites for hydroxylation is 1. The maximum Gasteiger partial charge on any atom is 0.416 e. The third-order valence-electron chi connectivity index (χ3n) is 4.31. The molecule has 2 unspecified atom stereocenters. The quantitative estimate of drug-likeness (QED) is 0.902. The molecule has 1 aliphatic rings. The van der Waals surface area contributed by atoms with Crippen molar-refractivity contribution in [3.8, 4) is 0 Å². The molecule has 0 radical (unpaired) electrons. The number of halogens is 3. The Kier molecular flexibility index (Phi) is 4.81. The molecule has 1 saturated heterocycles. The number of hydrogen-bond donors (Lipinski definition) is 1. The number of nitrogens with one attached hydrogen (secondary N) is 1. The first-order valence-electron chi connectivity index (χ1n) is 7.40. The highest BCUT2D eigenvalue weighted by molar-refractivity contribution is 5.50. The molecule has 0 amide bonds. The van der Waals surface area contributed by atoms with Gasteiger partial charge in [0, 0.05) is 18.3 Å². The molecule has 2 nitrogen and oxygen atoms in total. The van der Waals surface area contributed by atoms with E-state index < -0.39 is 11.7 Å². The van der Waals surface area contributed by atoms with Crippen molar-refractivity contribution < 1.29 is 13.2 Å². The molecule has 1 fully saturated rings. The van der Waals surface area contributed by atoms with E-state index in [9.17, 15) is 13.2 Å². The van der Waals surface area contributed by atoms with E-state index in [-0.39, 0.29) is 11.6 Å². The summed E-state index contributed by atoms with van der Waals surface area (Å²) in [6, 6.07) is 4.65. The molecule has 1 aromatic rings. The second-order valence-electron chi connectivity index (χ2n) is 6.13. The smallest absolute Gasteiger partial charge is 0.382 e. The van der Waals surface area contributed by atoms with Gasteiger partial charge in [0.05, 0.1) is 5.56 Å². The van der Waals surface area contributed by atoms with E-state index in [1.54, 1.807) is 6.07 Å². The van der Waals surface area contributed by atoms with Crippen molar-refractivity contribution in [2.24, 2.45) is 5.92 Å². The maximum atomic E-state index is 12.9. The molecule has 118 valence electrons. The number of benzene rings is 1. The second-order valence-corrected chi connectivity index (χ2v) is 6.13. The Hall–Kier alpha value is -1.23. The van der Waals surface area contributed by atoms with Crippen LogP contribution < -0.4 is 5.32 Å². The summed E-state index contributed by atoms with van der Waals surface area (Å²) in [5.41, 5.74) is 0.257. The van der Waals surface area contributed by atoms with Crippen LogP contribution in [0.1, 0.15) is 30.9 Å². The summed E-state index contributed by atoms with van der Waals surface area (Å²) < 4.78 is 38.8. The van der Waals surface area contributed by atoms with E-state index in [1.807, 2.05) is 0 Å². The molecular weight excluding hydrogens is 277 g/mol. The van der Waals surface area contributed by atoms with Crippen LogP contribution in [0.4, 0.5) is 18.9 Å². The van der Waals surface area contributed by atoms with Crippen LogP contribution >= 0.6 is 0 Å². The first-order chi connectivity index (χ1) is 9.77. The van der Waals surface area contributed by atoms with Gasteiger partial charge < -0.3 is 10.2 Å². The molecule has 1 aromatic carbocycles. The summed E-state index contributed by atoms with van der Waals surface area (Å²) in [4.78, 5) is 2.28. The number of anilines is 1. The lowest BCUT2D eigenvalue weighted by Crippen LogP contribution is -2.39. The lowest BCUT2D eigenvalue weighted by molar-refractivity contribution is -0.138. The van der Waals surface area contributed by atoms with E-state index in [4.69, 9.17) is 0 Å². The van der Waals surface area contributed by atoms with Gasteiger partial charge in [0.2, 0.25) is 0 Å². The summed E-state index contributed by atoms with van der Waals surface area (Å²) in [5.74, 6) is 0.472. The molecule has 5 heteroatoms. The zero-order valence-electron chi connectivity index (χ0n) is 12.8. The first kappa shape index (κ1) is 16.1. The monoisotopic (exact) mass is 300 g/mol. The minimum Gasteiger partial charge on any atom is -0.382 e. The zero-order chi connectivity index (χ0) is 15.6. The van der Waals surface area contributed by atoms with Crippen molar-refractivity contribution >= 4 is 5.69 Å². The number of likely N-dealkylation sites (tertiary alicyclic amines) is 1. The van der Waals surface area contributed by atoms with Gasteiger partial charge in [0.1, 0.15) is 0 Å². The predicted octanol–water partition coefficient (Wildman–Crippen LogP) is 4.16. The molecule has 1 aliphatic heterocycles. The summed E-state index contributed by atoms with van der Waals surface area (Å²) in [6.07, 6.45) is -2.03. The Bertz CT molecular complexity index is 485. The minimum atomic E-state index is -4.30. The van der Waals surface area contributed by atoms with Crippen molar-refractivity contribution in [3.05, 3.63) is 29.3 Å². The Balaban J connectivity index is 2.09. The summed E-state index contributed by atoms with van der Waals surface area (Å²) in [5, 5.41) is 3.25. The van der Waals surface area contributed by atoms with E-state index in [0.29, 0.717) is 11.6 Å². The average molecular weight is 300 g/mol. The maximum absolute atomic E-state index is 12.9. The highest BCUT2D eigenvalue weighted by Gasteiger charge is 2.32. The Labute approximate surface area is 124 Å². The Morgan fingerprint density at radius 1 is 1.33 bits per heavy atom.